The molecule has 0 atom stereocenters. The van der Waals surface area contributed by atoms with E-state index < -0.39 is 12.1 Å². The Bertz CT molecular complexity index is 227. The highest BCUT2D eigenvalue weighted by Gasteiger charge is 2.11. The maximum absolute atomic E-state index is 11.9. The number of hydrogen-bond donors (Lipinski definition) is 0. The van der Waals surface area contributed by atoms with E-state index in [2.05, 4.69) is 11.2 Å². The first-order valence-corrected chi connectivity index (χ1v) is 2.90. The molecule has 4 heteroatoms. The Hall–Kier alpha value is -0.700. The fourth-order valence-corrected chi connectivity index (χ4v) is 0.697. The van der Waals surface area contributed by atoms with Crippen LogP contribution in [-0.2, 0) is 0 Å². The zero-order valence-electron chi connectivity index (χ0n) is 4.81. The van der Waals surface area contributed by atoms with Crippen LogP contribution in [0.1, 0.15) is 12.1 Å². The molecule has 0 aromatic carbocycles. The van der Waals surface area contributed by atoms with E-state index in [0.717, 1.165) is 0 Å². The predicted octanol–water partition coefficient (Wildman–Crippen LogP) is 2.47. The zero-order valence-corrected chi connectivity index (χ0v) is 5.57. The Morgan fingerprint density at radius 1 is 1.60 bits per heavy atom. The molecule has 0 saturated heterocycles. The monoisotopic (exact) mass is 162 g/mol. The lowest BCUT2D eigenvalue weighted by atomic mass is 10.4. The topological polar surface area (TPSA) is 12.9 Å². The second-order valence-electron chi connectivity index (χ2n) is 1.61. The quantitative estimate of drug-likeness (QED) is 0.618. The van der Waals surface area contributed by atoms with Crippen molar-refractivity contribution in [3.05, 3.63) is 29.0 Å². The summed E-state index contributed by atoms with van der Waals surface area (Å²) in [6.45, 7) is 0. The smallest absolute Gasteiger partial charge is 0.244 e. The van der Waals surface area contributed by atoms with Gasteiger partial charge in [0.2, 0.25) is 0 Å². The largest absolute Gasteiger partial charge is 0.281 e. The lowest BCUT2D eigenvalue weighted by Gasteiger charge is -1.97. The van der Waals surface area contributed by atoms with Crippen molar-refractivity contribution >= 4 is 11.6 Å². The van der Waals surface area contributed by atoms with Crippen molar-refractivity contribution in [2.24, 2.45) is 0 Å². The zero-order chi connectivity index (χ0) is 7.56. The van der Waals surface area contributed by atoms with Crippen molar-refractivity contribution in [2.45, 2.75) is 6.43 Å². The van der Waals surface area contributed by atoms with Gasteiger partial charge in [0.25, 0.3) is 6.43 Å². The van der Waals surface area contributed by atoms with Gasteiger partial charge in [-0.1, -0.05) is 11.6 Å². The maximum Gasteiger partial charge on any atom is 0.281 e. The summed E-state index contributed by atoms with van der Waals surface area (Å²) in [6, 6.07) is 2.71. The molecular formula is C6H3ClF2N. The van der Waals surface area contributed by atoms with E-state index in [1.807, 2.05) is 0 Å². The Morgan fingerprint density at radius 2 is 2.30 bits per heavy atom. The third-order valence-electron chi connectivity index (χ3n) is 0.941. The number of aromatic nitrogens is 1. The maximum atomic E-state index is 11.9. The first-order chi connectivity index (χ1) is 4.72. The van der Waals surface area contributed by atoms with Crippen LogP contribution < -0.4 is 0 Å². The summed E-state index contributed by atoms with van der Waals surface area (Å²) in [5.41, 5.74) is -0.413. The number of pyridine rings is 1. The molecule has 0 N–H and O–H groups in total. The van der Waals surface area contributed by atoms with E-state index in [9.17, 15) is 8.78 Å². The van der Waals surface area contributed by atoms with Gasteiger partial charge in [-0.2, -0.15) is 0 Å². The fraction of sp³-hybridized carbons (Fsp3) is 0.167. The summed E-state index contributed by atoms with van der Waals surface area (Å²) in [5.74, 6) is 0. The van der Waals surface area contributed by atoms with E-state index in [1.165, 1.54) is 12.1 Å². The van der Waals surface area contributed by atoms with E-state index in [-0.39, 0.29) is 5.02 Å². The Kier molecular flexibility index (Phi) is 2.17. The third-order valence-corrected chi connectivity index (χ3v) is 1.26. The van der Waals surface area contributed by atoms with Crippen LogP contribution in [0, 0.1) is 6.20 Å². The summed E-state index contributed by atoms with van der Waals surface area (Å²) in [5, 5.41) is -0.0197. The minimum absolute atomic E-state index is 0.0197. The standard InChI is InChI=1S/C6H3ClF2N/c7-4-2-1-3-10-5(4)6(8)9/h1-2,6H. The lowest BCUT2D eigenvalue weighted by Crippen LogP contribution is -1.89. The molecule has 0 bridgehead atoms. The van der Waals surface area contributed by atoms with Crippen molar-refractivity contribution in [2.75, 3.05) is 0 Å². The molecule has 0 spiro atoms. The molecule has 0 saturated carbocycles. The number of rotatable bonds is 1. The number of hydrogen-bond acceptors (Lipinski definition) is 1. The molecular weight excluding hydrogens is 160 g/mol. The molecule has 1 radical (unpaired) electrons. The van der Waals surface area contributed by atoms with Gasteiger partial charge in [-0.3, -0.25) is 0 Å². The van der Waals surface area contributed by atoms with Gasteiger partial charge in [0.15, 0.2) is 0 Å². The van der Waals surface area contributed by atoms with Crippen LogP contribution >= 0.6 is 11.6 Å². The molecule has 0 aliphatic heterocycles. The average Bonchev–Trinajstić information content (AvgIpc) is 1.88. The minimum Gasteiger partial charge on any atom is -0.244 e. The third kappa shape index (κ3) is 1.42. The van der Waals surface area contributed by atoms with Crippen molar-refractivity contribution in [3.8, 4) is 0 Å². The summed E-state index contributed by atoms with van der Waals surface area (Å²) in [4.78, 5) is 3.27. The van der Waals surface area contributed by atoms with Gasteiger partial charge < -0.3 is 0 Å². The van der Waals surface area contributed by atoms with E-state index >= 15 is 0 Å². The molecule has 53 valence electrons. The SMILES string of the molecule is FC(F)c1n[c]ccc1Cl. The second-order valence-corrected chi connectivity index (χ2v) is 2.02. The normalized spacial score (nSPS) is 10.4. The predicted molar refractivity (Wildman–Crippen MR) is 33.0 cm³/mol. The van der Waals surface area contributed by atoms with Crippen LogP contribution in [0.15, 0.2) is 12.1 Å². The first-order valence-electron chi connectivity index (χ1n) is 2.52. The number of nitrogens with zero attached hydrogens (tertiary/aromatic N) is 1. The average molecular weight is 163 g/mol. The van der Waals surface area contributed by atoms with Gasteiger partial charge in [-0.25, -0.2) is 13.8 Å². The summed E-state index contributed by atoms with van der Waals surface area (Å²) in [6.07, 6.45) is -0.352. The summed E-state index contributed by atoms with van der Waals surface area (Å²) >= 11 is 5.36. The van der Waals surface area contributed by atoms with Crippen LogP contribution in [0.5, 0.6) is 0 Å². The molecule has 1 heterocycles. The molecule has 10 heavy (non-hydrogen) atoms. The van der Waals surface area contributed by atoms with Crippen LogP contribution in [0.4, 0.5) is 8.78 Å². The molecule has 1 aromatic rings. The van der Waals surface area contributed by atoms with Crippen molar-refractivity contribution < 1.29 is 8.78 Å². The van der Waals surface area contributed by atoms with Crippen molar-refractivity contribution in [3.63, 3.8) is 0 Å². The van der Waals surface area contributed by atoms with Gasteiger partial charge in [-0.05, 0) is 12.1 Å². The van der Waals surface area contributed by atoms with Crippen LogP contribution in [-0.4, -0.2) is 4.98 Å². The highest BCUT2D eigenvalue weighted by Crippen LogP contribution is 2.23. The van der Waals surface area contributed by atoms with Gasteiger partial charge >= 0.3 is 0 Å². The highest BCUT2D eigenvalue weighted by atomic mass is 35.5. The lowest BCUT2D eigenvalue weighted by molar-refractivity contribution is 0.146. The Labute approximate surface area is 61.7 Å². The molecule has 0 unspecified atom stereocenters. The van der Waals surface area contributed by atoms with Crippen LogP contribution in [0.2, 0.25) is 5.02 Å². The molecule has 0 aliphatic rings. The number of alkyl halides is 2. The molecule has 1 nitrogen and oxygen atoms in total. The first kappa shape index (κ1) is 7.41. The number of halogens is 3. The van der Waals surface area contributed by atoms with Crippen molar-refractivity contribution in [1.29, 1.82) is 0 Å². The molecule has 1 aromatic heterocycles. The van der Waals surface area contributed by atoms with Crippen molar-refractivity contribution in [1.82, 2.24) is 4.98 Å². The molecule has 0 fully saturated rings. The second kappa shape index (κ2) is 2.92. The van der Waals surface area contributed by atoms with E-state index in [1.54, 1.807) is 0 Å². The molecule has 0 amide bonds. The van der Waals surface area contributed by atoms with E-state index in [4.69, 9.17) is 11.6 Å². The van der Waals surface area contributed by atoms with Crippen LogP contribution in [0.3, 0.4) is 0 Å². The summed E-state index contributed by atoms with van der Waals surface area (Å²) < 4.78 is 23.7. The van der Waals surface area contributed by atoms with Gasteiger partial charge in [0.1, 0.15) is 5.69 Å². The van der Waals surface area contributed by atoms with Crippen LogP contribution in [0.25, 0.3) is 0 Å². The van der Waals surface area contributed by atoms with Gasteiger partial charge in [0, 0.05) is 0 Å². The minimum atomic E-state index is -2.62. The van der Waals surface area contributed by atoms with Gasteiger partial charge in [-0.15, -0.1) is 0 Å². The summed E-state index contributed by atoms with van der Waals surface area (Å²) in [7, 11) is 0. The Morgan fingerprint density at radius 3 is 2.70 bits per heavy atom. The van der Waals surface area contributed by atoms with Gasteiger partial charge in [0.05, 0.1) is 11.2 Å². The Balaban J connectivity index is 3.03. The molecule has 0 aliphatic carbocycles. The van der Waals surface area contributed by atoms with E-state index in [0.29, 0.717) is 0 Å². The highest BCUT2D eigenvalue weighted by molar-refractivity contribution is 6.31. The fourth-order valence-electron chi connectivity index (χ4n) is 0.509. The molecule has 1 rings (SSSR count).